The molecule has 0 radical (unpaired) electrons. The molecule has 41 heavy (non-hydrogen) atoms. The minimum atomic E-state index is -0.238. The number of carbonyl (C=O) groups is 1. The average molecular weight is 558 g/mol. The van der Waals surface area contributed by atoms with Gasteiger partial charge in [0.2, 0.25) is 0 Å². The summed E-state index contributed by atoms with van der Waals surface area (Å²) in [6.07, 6.45) is 1.73. The number of carbonyl (C=O) groups excluding carboxylic acids is 1. The summed E-state index contributed by atoms with van der Waals surface area (Å²) in [6.45, 7) is 2.55. The number of amides is 1. The Morgan fingerprint density at radius 1 is 0.878 bits per heavy atom. The van der Waals surface area contributed by atoms with Crippen molar-refractivity contribution in [2.75, 3.05) is 12.4 Å². The van der Waals surface area contributed by atoms with Crippen LogP contribution in [-0.2, 0) is 4.79 Å². The molecule has 0 atom stereocenters. The first-order chi connectivity index (χ1) is 20.2. The maximum atomic E-state index is 12.9. The van der Waals surface area contributed by atoms with Gasteiger partial charge in [-0.1, -0.05) is 90.6 Å². The van der Waals surface area contributed by atoms with Crippen LogP contribution in [0.3, 0.4) is 0 Å². The lowest BCUT2D eigenvalue weighted by atomic mass is 9.97. The van der Waals surface area contributed by atoms with Crippen LogP contribution in [0.4, 0.5) is 0 Å². The van der Waals surface area contributed by atoms with Crippen molar-refractivity contribution in [3.8, 4) is 22.8 Å². The van der Waals surface area contributed by atoms with Gasteiger partial charge >= 0.3 is 0 Å². The van der Waals surface area contributed by atoms with Crippen LogP contribution in [0.15, 0.2) is 119 Å². The molecule has 0 aliphatic heterocycles. The van der Waals surface area contributed by atoms with Crippen LogP contribution in [0.2, 0.25) is 0 Å². The number of ether oxygens (including phenoxy) is 1. The van der Waals surface area contributed by atoms with E-state index in [2.05, 4.69) is 51.1 Å². The molecule has 0 spiro atoms. The summed E-state index contributed by atoms with van der Waals surface area (Å²) in [4.78, 5) is 12.9. The zero-order valence-corrected chi connectivity index (χ0v) is 23.2. The van der Waals surface area contributed by atoms with Crippen molar-refractivity contribution in [2.24, 2.45) is 5.10 Å². The molecule has 0 aliphatic carbocycles. The molecule has 8 heteroatoms. The van der Waals surface area contributed by atoms with Crippen LogP contribution in [0, 0.1) is 0 Å². The van der Waals surface area contributed by atoms with Crippen molar-refractivity contribution in [3.63, 3.8) is 0 Å². The molecule has 0 fully saturated rings. The molecular weight excluding hydrogens is 530 g/mol. The number of benzene rings is 5. The summed E-state index contributed by atoms with van der Waals surface area (Å²) < 4.78 is 7.56. The van der Waals surface area contributed by atoms with Gasteiger partial charge < -0.3 is 4.74 Å². The molecule has 1 N–H and O–H groups in total. The topological polar surface area (TPSA) is 81.4 Å². The third-order valence-electron chi connectivity index (χ3n) is 6.60. The predicted octanol–water partition coefficient (Wildman–Crippen LogP) is 6.88. The first-order valence-corrected chi connectivity index (χ1v) is 14.3. The van der Waals surface area contributed by atoms with E-state index in [9.17, 15) is 4.79 Å². The van der Waals surface area contributed by atoms with Crippen molar-refractivity contribution in [1.82, 2.24) is 20.2 Å². The molecule has 1 heterocycles. The third-order valence-corrected chi connectivity index (χ3v) is 7.53. The van der Waals surface area contributed by atoms with Gasteiger partial charge in [0.15, 0.2) is 11.0 Å². The Morgan fingerprint density at radius 3 is 2.22 bits per heavy atom. The highest BCUT2D eigenvalue weighted by Crippen LogP contribution is 2.29. The highest BCUT2D eigenvalue weighted by molar-refractivity contribution is 7.99. The fraction of sp³-hybridized carbons (Fsp3) is 0.0909. The van der Waals surface area contributed by atoms with Crippen LogP contribution in [-0.4, -0.2) is 39.2 Å². The number of hydrogen-bond acceptors (Lipinski definition) is 6. The maximum Gasteiger partial charge on any atom is 0.250 e. The molecule has 0 bridgehead atoms. The third kappa shape index (κ3) is 5.69. The number of nitrogens with zero attached hydrogens (tertiary/aromatic N) is 4. The quantitative estimate of drug-likeness (QED) is 0.0907. The smallest absolute Gasteiger partial charge is 0.250 e. The van der Waals surface area contributed by atoms with E-state index in [0.29, 0.717) is 17.6 Å². The summed E-state index contributed by atoms with van der Waals surface area (Å²) in [5.41, 5.74) is 5.46. The molecule has 0 saturated carbocycles. The van der Waals surface area contributed by atoms with Gasteiger partial charge in [-0.05, 0) is 58.8 Å². The number of hydrazone groups is 1. The van der Waals surface area contributed by atoms with E-state index >= 15 is 0 Å². The summed E-state index contributed by atoms with van der Waals surface area (Å²) >= 11 is 1.30. The molecule has 5 aromatic carbocycles. The van der Waals surface area contributed by atoms with Gasteiger partial charge in [0, 0.05) is 16.8 Å². The second-order valence-electron chi connectivity index (χ2n) is 9.25. The SMILES string of the molecule is CCOc1ccc(-n2c(SCC(=O)N/N=C\c3c4ccccc4cc4ccccc34)nnc2-c2ccccc2)cc1. The Labute approximate surface area is 241 Å². The molecule has 7 nitrogen and oxygen atoms in total. The summed E-state index contributed by atoms with van der Waals surface area (Å²) in [7, 11) is 0. The fourth-order valence-electron chi connectivity index (χ4n) is 4.75. The maximum absolute atomic E-state index is 12.9. The molecule has 6 aromatic rings. The lowest BCUT2D eigenvalue weighted by Gasteiger charge is -2.11. The van der Waals surface area contributed by atoms with Crippen LogP contribution < -0.4 is 10.2 Å². The Bertz CT molecular complexity index is 1800. The molecule has 0 saturated heterocycles. The van der Waals surface area contributed by atoms with Crippen LogP contribution >= 0.6 is 11.8 Å². The Morgan fingerprint density at radius 2 is 1.54 bits per heavy atom. The van der Waals surface area contributed by atoms with Crippen LogP contribution in [0.5, 0.6) is 5.75 Å². The van der Waals surface area contributed by atoms with Crippen molar-refractivity contribution >= 4 is 45.4 Å². The van der Waals surface area contributed by atoms with Gasteiger partial charge in [-0.15, -0.1) is 10.2 Å². The van der Waals surface area contributed by atoms with E-state index in [1.807, 2.05) is 90.4 Å². The molecular formula is C33H27N5O2S. The van der Waals surface area contributed by atoms with E-state index in [0.717, 1.165) is 44.1 Å². The van der Waals surface area contributed by atoms with Crippen molar-refractivity contribution in [2.45, 2.75) is 12.1 Å². The highest BCUT2D eigenvalue weighted by Gasteiger charge is 2.17. The molecule has 6 rings (SSSR count). The van der Waals surface area contributed by atoms with Crippen molar-refractivity contribution in [1.29, 1.82) is 0 Å². The molecule has 1 aromatic heterocycles. The number of thioether (sulfide) groups is 1. The van der Waals surface area contributed by atoms with Gasteiger partial charge in [0.1, 0.15) is 5.75 Å². The number of hydrogen-bond donors (Lipinski definition) is 1. The number of rotatable bonds is 9. The molecule has 202 valence electrons. The molecule has 0 unspecified atom stereocenters. The van der Waals surface area contributed by atoms with Gasteiger partial charge in [0.05, 0.1) is 18.6 Å². The monoisotopic (exact) mass is 557 g/mol. The van der Waals surface area contributed by atoms with E-state index in [1.165, 1.54) is 11.8 Å². The van der Waals surface area contributed by atoms with E-state index in [1.54, 1.807) is 6.21 Å². The lowest BCUT2D eigenvalue weighted by Crippen LogP contribution is -2.20. The second kappa shape index (κ2) is 12.1. The van der Waals surface area contributed by atoms with Gasteiger partial charge in [-0.25, -0.2) is 5.43 Å². The molecule has 0 aliphatic rings. The first kappa shape index (κ1) is 26.3. The Kier molecular flexibility index (Phi) is 7.73. The first-order valence-electron chi connectivity index (χ1n) is 13.3. The summed E-state index contributed by atoms with van der Waals surface area (Å²) in [5.74, 6) is 1.37. The minimum absolute atomic E-state index is 0.123. The largest absolute Gasteiger partial charge is 0.494 e. The standard InChI is InChI=1S/C33H27N5O2S/c1-2-40-27-18-16-26(17-19-27)38-32(23-10-4-3-5-11-23)36-37-33(38)41-22-31(39)35-34-21-30-28-14-8-6-12-24(28)20-25-13-7-9-15-29(25)30/h3-21H,2,22H2,1H3,(H,35,39)/b34-21-. The Balaban J connectivity index is 1.22. The van der Waals surface area contributed by atoms with Gasteiger partial charge in [-0.2, -0.15) is 5.10 Å². The number of fused-ring (bicyclic) bond motifs is 2. The van der Waals surface area contributed by atoms with Crippen LogP contribution in [0.1, 0.15) is 12.5 Å². The lowest BCUT2D eigenvalue weighted by molar-refractivity contribution is -0.118. The van der Waals surface area contributed by atoms with Gasteiger partial charge in [0.25, 0.3) is 5.91 Å². The highest BCUT2D eigenvalue weighted by atomic mass is 32.2. The van der Waals surface area contributed by atoms with Crippen molar-refractivity contribution in [3.05, 3.63) is 115 Å². The zero-order chi connectivity index (χ0) is 28.0. The predicted molar refractivity (Wildman–Crippen MR) is 166 cm³/mol. The van der Waals surface area contributed by atoms with Crippen LogP contribution in [0.25, 0.3) is 38.6 Å². The van der Waals surface area contributed by atoms with Gasteiger partial charge in [-0.3, -0.25) is 9.36 Å². The summed E-state index contributed by atoms with van der Waals surface area (Å²) in [5, 5.41) is 18.2. The minimum Gasteiger partial charge on any atom is -0.494 e. The Hall–Kier alpha value is -4.95. The van der Waals surface area contributed by atoms with E-state index in [4.69, 9.17) is 4.74 Å². The van der Waals surface area contributed by atoms with Crippen molar-refractivity contribution < 1.29 is 9.53 Å². The zero-order valence-electron chi connectivity index (χ0n) is 22.4. The number of aromatic nitrogens is 3. The average Bonchev–Trinajstić information content (AvgIpc) is 3.44. The van der Waals surface area contributed by atoms with E-state index < -0.39 is 0 Å². The normalized spacial score (nSPS) is 11.3. The van der Waals surface area contributed by atoms with E-state index in [-0.39, 0.29) is 11.7 Å². The summed E-state index contributed by atoms with van der Waals surface area (Å²) in [6, 6.07) is 36.1. The fourth-order valence-corrected chi connectivity index (χ4v) is 5.49. The number of nitrogens with one attached hydrogen (secondary N) is 1. The second-order valence-corrected chi connectivity index (χ2v) is 10.2. The molecule has 1 amide bonds.